The van der Waals surface area contributed by atoms with Gasteiger partial charge in [-0.15, -0.1) is 10.2 Å². The maximum absolute atomic E-state index is 12.4. The predicted molar refractivity (Wildman–Crippen MR) is 127 cm³/mol. The summed E-state index contributed by atoms with van der Waals surface area (Å²) in [5.74, 6) is 1.20. The van der Waals surface area contributed by atoms with Gasteiger partial charge >= 0.3 is 0 Å². The van der Waals surface area contributed by atoms with Crippen LogP contribution in [0, 0.1) is 0 Å². The zero-order chi connectivity index (χ0) is 22.2. The zero-order valence-electron chi connectivity index (χ0n) is 18.1. The lowest BCUT2D eigenvalue weighted by Crippen LogP contribution is -2.24. The van der Waals surface area contributed by atoms with Crippen molar-refractivity contribution in [2.45, 2.75) is 31.1 Å². The van der Waals surface area contributed by atoms with E-state index in [1.54, 1.807) is 0 Å². The van der Waals surface area contributed by atoms with Crippen molar-refractivity contribution in [1.82, 2.24) is 24.6 Å². The summed E-state index contributed by atoms with van der Waals surface area (Å²) < 4.78 is 4.25. The Morgan fingerprint density at radius 2 is 1.66 bits per heavy atom. The van der Waals surface area contributed by atoms with E-state index in [0.717, 1.165) is 29.5 Å². The molecule has 4 rings (SSSR count). The number of hydrogen-bond donors (Lipinski definition) is 1. The first kappa shape index (κ1) is 21.9. The second-order valence-electron chi connectivity index (χ2n) is 7.62. The molecule has 6 nitrogen and oxygen atoms in total. The Morgan fingerprint density at radius 3 is 2.34 bits per heavy atom. The van der Waals surface area contributed by atoms with Crippen LogP contribution in [0.25, 0.3) is 0 Å². The largest absolute Gasteiger partial charge is 0.354 e. The molecule has 1 N–H and O–H groups in total. The van der Waals surface area contributed by atoms with E-state index in [4.69, 9.17) is 0 Å². The van der Waals surface area contributed by atoms with Crippen molar-refractivity contribution < 1.29 is 4.79 Å². The molecule has 0 radical (unpaired) electrons. The van der Waals surface area contributed by atoms with E-state index in [-0.39, 0.29) is 5.91 Å². The first-order chi connectivity index (χ1) is 15.7. The monoisotopic (exact) mass is 445 g/mol. The van der Waals surface area contributed by atoms with Gasteiger partial charge in [-0.25, -0.2) is 0 Å². The molecule has 0 saturated heterocycles. The highest BCUT2D eigenvalue weighted by molar-refractivity contribution is 7.99. The van der Waals surface area contributed by atoms with Crippen molar-refractivity contribution in [2.75, 3.05) is 5.75 Å². The highest BCUT2D eigenvalue weighted by atomic mass is 32.2. The number of nitrogens with one attached hydrogen (secondary N) is 1. The molecule has 0 unspecified atom stereocenters. The number of nitrogens with zero attached hydrogens (tertiary/aromatic N) is 4. The fourth-order valence-corrected chi connectivity index (χ4v) is 4.30. The van der Waals surface area contributed by atoms with Crippen LogP contribution in [0.15, 0.2) is 84.1 Å². The van der Waals surface area contributed by atoms with Crippen LogP contribution >= 0.6 is 11.8 Å². The second-order valence-corrected chi connectivity index (χ2v) is 8.57. The van der Waals surface area contributed by atoms with Crippen LogP contribution in [-0.2, 0) is 37.8 Å². The van der Waals surface area contributed by atoms with Gasteiger partial charge in [0.1, 0.15) is 5.82 Å². The van der Waals surface area contributed by atoms with Crippen LogP contribution in [0.1, 0.15) is 22.6 Å². The van der Waals surface area contributed by atoms with Crippen LogP contribution in [0.5, 0.6) is 0 Å². The number of thioether (sulfide) groups is 1. The fourth-order valence-electron chi connectivity index (χ4n) is 3.49. The van der Waals surface area contributed by atoms with Gasteiger partial charge in [0.2, 0.25) is 5.91 Å². The molecule has 0 fully saturated rings. The maximum atomic E-state index is 12.4. The third-order valence-electron chi connectivity index (χ3n) is 5.32. The Kier molecular flexibility index (Phi) is 7.40. The van der Waals surface area contributed by atoms with Gasteiger partial charge in [-0.3, -0.25) is 4.79 Å². The Balaban J connectivity index is 1.42. The van der Waals surface area contributed by atoms with E-state index < -0.39 is 0 Å². The zero-order valence-corrected chi connectivity index (χ0v) is 19.0. The Morgan fingerprint density at radius 1 is 0.938 bits per heavy atom. The van der Waals surface area contributed by atoms with Crippen LogP contribution in [0.3, 0.4) is 0 Å². The van der Waals surface area contributed by atoms with Gasteiger partial charge in [0.05, 0.1) is 5.75 Å². The molecule has 164 valence electrons. The number of aromatic nitrogens is 4. The standard InChI is InChI=1S/C25H27N5OS/c1-29-15-8-13-22(29)17-23-27-28-25(30(23)16-14-20-9-4-2-5-10-20)32-19-24(31)26-18-21-11-6-3-7-12-21/h2-13,15H,14,16-19H2,1H3,(H,26,31). The van der Waals surface area contributed by atoms with E-state index in [9.17, 15) is 4.79 Å². The highest BCUT2D eigenvalue weighted by Gasteiger charge is 2.15. The molecule has 0 saturated carbocycles. The molecule has 0 spiro atoms. The summed E-state index contributed by atoms with van der Waals surface area (Å²) in [6, 6.07) is 24.4. The molecule has 7 heteroatoms. The second kappa shape index (κ2) is 10.8. The van der Waals surface area contributed by atoms with Gasteiger partial charge in [0, 0.05) is 38.4 Å². The summed E-state index contributed by atoms with van der Waals surface area (Å²) in [6.45, 7) is 1.30. The molecule has 0 aliphatic carbocycles. The van der Waals surface area contributed by atoms with Gasteiger partial charge in [0.25, 0.3) is 0 Å². The molecule has 4 aromatic rings. The Bertz CT molecular complexity index is 1140. The lowest BCUT2D eigenvalue weighted by molar-refractivity contribution is -0.118. The van der Waals surface area contributed by atoms with E-state index in [0.29, 0.717) is 18.7 Å². The molecule has 2 aromatic heterocycles. The number of aryl methyl sites for hydroxylation is 2. The smallest absolute Gasteiger partial charge is 0.230 e. The van der Waals surface area contributed by atoms with Gasteiger partial charge in [-0.1, -0.05) is 72.4 Å². The number of benzene rings is 2. The number of rotatable bonds is 10. The molecule has 0 bridgehead atoms. The molecular weight excluding hydrogens is 418 g/mol. The quantitative estimate of drug-likeness (QED) is 0.377. The lowest BCUT2D eigenvalue weighted by Gasteiger charge is -2.11. The van der Waals surface area contributed by atoms with E-state index in [1.165, 1.54) is 23.0 Å². The van der Waals surface area contributed by atoms with Crippen molar-refractivity contribution in [2.24, 2.45) is 7.05 Å². The summed E-state index contributed by atoms with van der Waals surface area (Å²) >= 11 is 1.43. The van der Waals surface area contributed by atoms with Crippen molar-refractivity contribution in [3.05, 3.63) is 102 Å². The maximum Gasteiger partial charge on any atom is 0.230 e. The van der Waals surface area contributed by atoms with E-state index in [2.05, 4.69) is 55.0 Å². The van der Waals surface area contributed by atoms with Crippen molar-refractivity contribution >= 4 is 17.7 Å². The van der Waals surface area contributed by atoms with Gasteiger partial charge in [-0.05, 0) is 29.7 Å². The molecule has 32 heavy (non-hydrogen) atoms. The number of hydrogen-bond acceptors (Lipinski definition) is 4. The van der Waals surface area contributed by atoms with Gasteiger partial charge in [0.15, 0.2) is 5.16 Å². The lowest BCUT2D eigenvalue weighted by atomic mass is 10.1. The minimum atomic E-state index is -0.0135. The van der Waals surface area contributed by atoms with Crippen LogP contribution in [0.2, 0.25) is 0 Å². The number of carbonyl (C=O) groups is 1. The van der Waals surface area contributed by atoms with Crippen molar-refractivity contribution in [3.63, 3.8) is 0 Å². The first-order valence-corrected chi connectivity index (χ1v) is 11.7. The Labute approximate surface area is 192 Å². The number of amides is 1. The molecule has 2 aromatic carbocycles. The molecule has 0 aliphatic heterocycles. The SMILES string of the molecule is Cn1cccc1Cc1nnc(SCC(=O)NCc2ccccc2)n1CCc1ccccc1. The minimum Gasteiger partial charge on any atom is -0.354 e. The van der Waals surface area contributed by atoms with Gasteiger partial charge in [-0.2, -0.15) is 0 Å². The van der Waals surface area contributed by atoms with Crippen LogP contribution < -0.4 is 5.32 Å². The normalized spacial score (nSPS) is 10.9. The highest BCUT2D eigenvalue weighted by Crippen LogP contribution is 2.20. The van der Waals surface area contributed by atoms with E-state index >= 15 is 0 Å². The average molecular weight is 446 g/mol. The third kappa shape index (κ3) is 5.88. The van der Waals surface area contributed by atoms with Gasteiger partial charge < -0.3 is 14.5 Å². The number of carbonyl (C=O) groups excluding carboxylic acids is 1. The topological polar surface area (TPSA) is 64.7 Å². The molecule has 0 aliphatic rings. The first-order valence-electron chi connectivity index (χ1n) is 10.7. The molecule has 0 atom stereocenters. The summed E-state index contributed by atoms with van der Waals surface area (Å²) in [4.78, 5) is 12.4. The third-order valence-corrected chi connectivity index (χ3v) is 6.28. The minimum absolute atomic E-state index is 0.0135. The van der Waals surface area contributed by atoms with Crippen LogP contribution in [-0.4, -0.2) is 31.0 Å². The summed E-state index contributed by atoms with van der Waals surface area (Å²) in [6.07, 6.45) is 3.62. The van der Waals surface area contributed by atoms with Crippen LogP contribution in [0.4, 0.5) is 0 Å². The molecule has 2 heterocycles. The Hall–Kier alpha value is -3.32. The molecular formula is C25H27N5OS. The predicted octanol–water partition coefficient (Wildman–Crippen LogP) is 3.86. The summed E-state index contributed by atoms with van der Waals surface area (Å²) in [5, 5.41) is 12.6. The van der Waals surface area contributed by atoms with Crippen molar-refractivity contribution in [1.29, 1.82) is 0 Å². The fraction of sp³-hybridized carbons (Fsp3) is 0.240. The summed E-state index contributed by atoms with van der Waals surface area (Å²) in [5.41, 5.74) is 3.53. The van der Waals surface area contributed by atoms with Crippen molar-refractivity contribution in [3.8, 4) is 0 Å². The average Bonchev–Trinajstić information content (AvgIpc) is 3.42. The summed E-state index contributed by atoms with van der Waals surface area (Å²) in [7, 11) is 2.03. The molecule has 1 amide bonds. The van der Waals surface area contributed by atoms with E-state index in [1.807, 2.05) is 55.7 Å².